The molecule has 2 bridgehead atoms. The van der Waals surface area contributed by atoms with Crippen molar-refractivity contribution in [3.05, 3.63) is 0 Å². The molecule has 2 aliphatic heterocycles. The highest BCUT2D eigenvalue weighted by Crippen LogP contribution is 2.45. The Labute approximate surface area is 98.1 Å². The van der Waals surface area contributed by atoms with Gasteiger partial charge in [-0.15, -0.1) is 0 Å². The summed E-state index contributed by atoms with van der Waals surface area (Å²) in [4.78, 5) is 0. The molecule has 3 unspecified atom stereocenters. The van der Waals surface area contributed by atoms with Gasteiger partial charge in [-0.1, -0.05) is 0 Å². The first-order valence-electron chi connectivity index (χ1n) is 7.29. The van der Waals surface area contributed by atoms with Crippen molar-refractivity contribution in [2.24, 2.45) is 17.8 Å². The average Bonchev–Trinajstić information content (AvgIpc) is 3.21. The Balaban J connectivity index is 1.30. The molecule has 4 aliphatic rings. The zero-order chi connectivity index (χ0) is 10.5. The van der Waals surface area contributed by atoms with Crippen LogP contribution in [0, 0.1) is 17.8 Å². The summed E-state index contributed by atoms with van der Waals surface area (Å²) in [6.45, 7) is 1.23. The van der Waals surface area contributed by atoms with Crippen molar-refractivity contribution < 1.29 is 4.74 Å². The lowest BCUT2D eigenvalue weighted by Crippen LogP contribution is -2.39. The largest absolute Gasteiger partial charge is 0.375 e. The topological polar surface area (TPSA) is 21.3 Å². The van der Waals surface area contributed by atoms with Gasteiger partial charge >= 0.3 is 0 Å². The van der Waals surface area contributed by atoms with Crippen molar-refractivity contribution in [1.82, 2.24) is 5.32 Å². The van der Waals surface area contributed by atoms with Crippen molar-refractivity contribution in [1.29, 1.82) is 0 Å². The van der Waals surface area contributed by atoms with Crippen LogP contribution in [0.2, 0.25) is 0 Å². The molecule has 0 amide bonds. The van der Waals surface area contributed by atoms with Crippen molar-refractivity contribution in [2.75, 3.05) is 6.54 Å². The van der Waals surface area contributed by atoms with Gasteiger partial charge in [-0.3, -0.25) is 0 Å². The normalized spacial score (nSPS) is 42.2. The first-order valence-corrected chi connectivity index (χ1v) is 7.29. The van der Waals surface area contributed by atoms with Crippen LogP contribution in [-0.2, 0) is 4.74 Å². The SMILES string of the molecule is C1CC2OC1CC2CNC(C1CC1)C1CC1. The molecule has 2 aliphatic carbocycles. The zero-order valence-electron chi connectivity index (χ0n) is 10.0. The van der Waals surface area contributed by atoms with E-state index in [0.717, 1.165) is 23.8 Å². The highest BCUT2D eigenvalue weighted by atomic mass is 16.5. The van der Waals surface area contributed by atoms with E-state index < -0.39 is 0 Å². The van der Waals surface area contributed by atoms with Gasteiger partial charge in [0.2, 0.25) is 0 Å². The van der Waals surface area contributed by atoms with Crippen LogP contribution in [0.4, 0.5) is 0 Å². The van der Waals surface area contributed by atoms with Crippen LogP contribution < -0.4 is 5.32 Å². The number of rotatable bonds is 5. The summed E-state index contributed by atoms with van der Waals surface area (Å²) in [5, 5.41) is 3.89. The van der Waals surface area contributed by atoms with E-state index in [-0.39, 0.29) is 0 Å². The standard InChI is InChI=1S/C14H23NO/c1-2-9(1)14(10-3-4-10)15-8-11-7-12-5-6-13(11)16-12/h9-15H,1-8H2. The molecule has 90 valence electrons. The molecule has 0 aromatic rings. The summed E-state index contributed by atoms with van der Waals surface area (Å²) >= 11 is 0. The lowest BCUT2D eigenvalue weighted by Gasteiger charge is -2.24. The Morgan fingerprint density at radius 1 is 1.00 bits per heavy atom. The van der Waals surface area contributed by atoms with E-state index in [2.05, 4.69) is 5.32 Å². The van der Waals surface area contributed by atoms with E-state index in [1.807, 2.05) is 0 Å². The molecule has 2 saturated heterocycles. The molecule has 4 fully saturated rings. The summed E-state index contributed by atoms with van der Waals surface area (Å²) < 4.78 is 5.93. The van der Waals surface area contributed by atoms with Crippen LogP contribution >= 0.6 is 0 Å². The van der Waals surface area contributed by atoms with Gasteiger partial charge in [0.25, 0.3) is 0 Å². The van der Waals surface area contributed by atoms with Crippen LogP contribution in [0.1, 0.15) is 44.9 Å². The molecule has 2 heterocycles. The lowest BCUT2D eigenvalue weighted by atomic mass is 9.89. The third-order valence-electron chi connectivity index (χ3n) is 5.11. The summed E-state index contributed by atoms with van der Waals surface area (Å²) in [5.41, 5.74) is 0. The Bertz CT molecular complexity index is 260. The molecule has 3 atom stereocenters. The summed E-state index contributed by atoms with van der Waals surface area (Å²) in [6.07, 6.45) is 11.2. The lowest BCUT2D eigenvalue weighted by molar-refractivity contribution is 0.0916. The molecule has 2 nitrogen and oxygen atoms in total. The minimum absolute atomic E-state index is 0.608. The van der Waals surface area contributed by atoms with Gasteiger partial charge in [-0.05, 0) is 56.8 Å². The number of fused-ring (bicyclic) bond motifs is 2. The van der Waals surface area contributed by atoms with Gasteiger partial charge in [0.1, 0.15) is 0 Å². The van der Waals surface area contributed by atoms with E-state index >= 15 is 0 Å². The highest BCUT2D eigenvalue weighted by molar-refractivity contribution is 4.98. The van der Waals surface area contributed by atoms with Gasteiger partial charge in [-0.25, -0.2) is 0 Å². The Morgan fingerprint density at radius 3 is 2.25 bits per heavy atom. The number of hydrogen-bond acceptors (Lipinski definition) is 2. The minimum atomic E-state index is 0.608. The summed E-state index contributed by atoms with van der Waals surface area (Å²) in [6, 6.07) is 0.874. The van der Waals surface area contributed by atoms with Crippen molar-refractivity contribution in [3.8, 4) is 0 Å². The molecule has 4 rings (SSSR count). The number of hydrogen-bond donors (Lipinski definition) is 1. The van der Waals surface area contributed by atoms with E-state index in [1.165, 1.54) is 51.5 Å². The van der Waals surface area contributed by atoms with Gasteiger partial charge < -0.3 is 10.1 Å². The van der Waals surface area contributed by atoms with E-state index in [4.69, 9.17) is 4.74 Å². The quantitative estimate of drug-likeness (QED) is 0.769. The summed E-state index contributed by atoms with van der Waals surface area (Å²) in [5.74, 6) is 2.90. The predicted octanol–water partition coefficient (Wildman–Crippen LogP) is 2.33. The molecule has 0 aromatic heterocycles. The molecule has 0 radical (unpaired) electrons. The van der Waals surface area contributed by atoms with Crippen molar-refractivity contribution in [3.63, 3.8) is 0 Å². The Hall–Kier alpha value is -0.0800. The van der Waals surface area contributed by atoms with Gasteiger partial charge in [0.05, 0.1) is 12.2 Å². The third-order valence-corrected chi connectivity index (χ3v) is 5.11. The minimum Gasteiger partial charge on any atom is -0.375 e. The molecule has 1 N–H and O–H groups in total. The molecule has 0 aromatic carbocycles. The van der Waals surface area contributed by atoms with Crippen LogP contribution in [0.15, 0.2) is 0 Å². The molecule has 0 spiro atoms. The monoisotopic (exact) mass is 221 g/mol. The van der Waals surface area contributed by atoms with Crippen LogP contribution in [0.5, 0.6) is 0 Å². The van der Waals surface area contributed by atoms with Crippen LogP contribution in [-0.4, -0.2) is 24.8 Å². The molecule has 2 saturated carbocycles. The first-order chi connectivity index (χ1) is 7.90. The maximum Gasteiger partial charge on any atom is 0.0621 e. The van der Waals surface area contributed by atoms with Gasteiger partial charge in [-0.2, -0.15) is 0 Å². The Morgan fingerprint density at radius 2 is 1.75 bits per heavy atom. The smallest absolute Gasteiger partial charge is 0.0621 e. The zero-order valence-corrected chi connectivity index (χ0v) is 10.0. The second kappa shape index (κ2) is 3.71. The van der Waals surface area contributed by atoms with E-state index in [1.54, 1.807) is 0 Å². The molecular formula is C14H23NO. The maximum atomic E-state index is 5.93. The van der Waals surface area contributed by atoms with Gasteiger partial charge in [0.15, 0.2) is 0 Å². The molecule has 16 heavy (non-hydrogen) atoms. The third kappa shape index (κ3) is 1.80. The fourth-order valence-corrected chi connectivity index (χ4v) is 3.87. The van der Waals surface area contributed by atoms with E-state index in [0.29, 0.717) is 12.2 Å². The van der Waals surface area contributed by atoms with E-state index in [9.17, 15) is 0 Å². The fraction of sp³-hybridized carbons (Fsp3) is 1.00. The summed E-state index contributed by atoms with van der Waals surface area (Å²) in [7, 11) is 0. The maximum absolute atomic E-state index is 5.93. The van der Waals surface area contributed by atoms with Crippen LogP contribution in [0.25, 0.3) is 0 Å². The number of ether oxygens (including phenoxy) is 1. The van der Waals surface area contributed by atoms with Crippen LogP contribution in [0.3, 0.4) is 0 Å². The molecular weight excluding hydrogens is 198 g/mol. The second-order valence-electron chi connectivity index (χ2n) is 6.48. The Kier molecular flexibility index (Phi) is 2.29. The fourth-order valence-electron chi connectivity index (χ4n) is 3.87. The second-order valence-corrected chi connectivity index (χ2v) is 6.48. The first kappa shape index (κ1) is 9.90. The molecule has 2 heteroatoms. The average molecular weight is 221 g/mol. The van der Waals surface area contributed by atoms with Crippen molar-refractivity contribution >= 4 is 0 Å². The highest BCUT2D eigenvalue weighted by Gasteiger charge is 2.44. The van der Waals surface area contributed by atoms with Crippen molar-refractivity contribution in [2.45, 2.75) is 63.2 Å². The number of nitrogens with one attached hydrogen (secondary N) is 1. The van der Waals surface area contributed by atoms with Gasteiger partial charge in [0, 0.05) is 18.5 Å². The predicted molar refractivity (Wildman–Crippen MR) is 63.2 cm³/mol.